The van der Waals surface area contributed by atoms with E-state index in [9.17, 15) is 9.59 Å². The molecule has 0 aromatic carbocycles. The lowest BCUT2D eigenvalue weighted by Gasteiger charge is -2.23. The Balaban J connectivity index is 2.01. The topological polar surface area (TPSA) is 71.3 Å². The maximum absolute atomic E-state index is 12.4. The number of thiophene rings is 1. The summed E-state index contributed by atoms with van der Waals surface area (Å²) in [5.41, 5.74) is 0. The van der Waals surface area contributed by atoms with Crippen LogP contribution in [0.5, 0.6) is 0 Å². The third-order valence-electron chi connectivity index (χ3n) is 3.31. The molecular formula is C16H20N2O3S. The fraction of sp³-hybridized carbons (Fsp3) is 0.375. The Morgan fingerprint density at radius 1 is 1.14 bits per heavy atom. The highest BCUT2D eigenvalue weighted by molar-refractivity contribution is 7.10. The molecule has 5 nitrogen and oxygen atoms in total. The van der Waals surface area contributed by atoms with Crippen LogP contribution >= 0.6 is 11.3 Å². The molecule has 22 heavy (non-hydrogen) atoms. The lowest BCUT2D eigenvalue weighted by Crippen LogP contribution is -2.50. The smallest absolute Gasteiger partial charge is 0.287 e. The Hall–Kier alpha value is -2.08. The maximum Gasteiger partial charge on any atom is 0.287 e. The zero-order valence-corrected chi connectivity index (χ0v) is 13.6. The molecule has 6 heteroatoms. The summed E-state index contributed by atoms with van der Waals surface area (Å²) in [7, 11) is 0. The van der Waals surface area contributed by atoms with Crippen molar-refractivity contribution in [1.29, 1.82) is 0 Å². The molecule has 0 saturated carbocycles. The van der Waals surface area contributed by atoms with Crippen molar-refractivity contribution < 1.29 is 14.0 Å². The minimum absolute atomic E-state index is 0.0329. The van der Waals surface area contributed by atoms with Gasteiger partial charge in [-0.2, -0.15) is 0 Å². The lowest BCUT2D eigenvalue weighted by atomic mass is 10.0. The van der Waals surface area contributed by atoms with Gasteiger partial charge in [0.05, 0.1) is 12.3 Å². The van der Waals surface area contributed by atoms with Crippen LogP contribution in [0.1, 0.15) is 42.2 Å². The standard InChI is InChI=1S/C16H20N2O3S/c1-10(2)14(18-15(19)12-6-4-8-21-12)16(20)17-11(3)13-7-5-9-22-13/h4-11,14H,1-3H3,(H,17,20)(H,18,19)/t11?,14-/m1/s1. The van der Waals surface area contributed by atoms with E-state index in [0.717, 1.165) is 4.88 Å². The van der Waals surface area contributed by atoms with Crippen LogP contribution in [0.4, 0.5) is 0 Å². The highest BCUT2D eigenvalue weighted by Gasteiger charge is 2.26. The van der Waals surface area contributed by atoms with Crippen LogP contribution in [0.2, 0.25) is 0 Å². The second-order valence-electron chi connectivity index (χ2n) is 5.42. The summed E-state index contributed by atoms with van der Waals surface area (Å²) in [6.45, 7) is 5.71. The fourth-order valence-electron chi connectivity index (χ4n) is 2.07. The fourth-order valence-corrected chi connectivity index (χ4v) is 2.80. The molecule has 0 aliphatic rings. The number of hydrogen-bond donors (Lipinski definition) is 2. The summed E-state index contributed by atoms with van der Waals surface area (Å²) in [6.07, 6.45) is 1.43. The molecule has 0 radical (unpaired) electrons. The van der Waals surface area contributed by atoms with Crippen molar-refractivity contribution in [1.82, 2.24) is 10.6 Å². The molecule has 2 heterocycles. The van der Waals surface area contributed by atoms with Gasteiger partial charge in [-0.25, -0.2) is 0 Å². The van der Waals surface area contributed by atoms with E-state index in [1.54, 1.807) is 23.5 Å². The molecule has 2 amide bonds. The van der Waals surface area contributed by atoms with Gasteiger partial charge in [0.15, 0.2) is 5.76 Å². The number of carbonyl (C=O) groups excluding carboxylic acids is 2. The minimum Gasteiger partial charge on any atom is -0.459 e. The third kappa shape index (κ3) is 3.98. The van der Waals surface area contributed by atoms with Crippen molar-refractivity contribution >= 4 is 23.2 Å². The number of amides is 2. The Bertz CT molecular complexity index is 605. The highest BCUT2D eigenvalue weighted by Crippen LogP contribution is 2.18. The molecule has 0 spiro atoms. The van der Waals surface area contributed by atoms with E-state index in [1.807, 2.05) is 38.3 Å². The number of nitrogens with one attached hydrogen (secondary N) is 2. The van der Waals surface area contributed by atoms with Gasteiger partial charge >= 0.3 is 0 Å². The van der Waals surface area contributed by atoms with E-state index < -0.39 is 6.04 Å². The van der Waals surface area contributed by atoms with Crippen LogP contribution in [0, 0.1) is 5.92 Å². The SMILES string of the molecule is CC(NC(=O)[C@H](NC(=O)c1ccco1)C(C)C)c1cccs1. The first-order valence-electron chi connectivity index (χ1n) is 7.17. The van der Waals surface area contributed by atoms with E-state index >= 15 is 0 Å². The van der Waals surface area contributed by atoms with Gasteiger partial charge in [-0.1, -0.05) is 19.9 Å². The summed E-state index contributed by atoms with van der Waals surface area (Å²) in [4.78, 5) is 25.6. The molecule has 118 valence electrons. The summed E-state index contributed by atoms with van der Waals surface area (Å²) in [5, 5.41) is 7.64. The van der Waals surface area contributed by atoms with Gasteiger partial charge in [-0.15, -0.1) is 11.3 Å². The Labute approximate surface area is 133 Å². The Morgan fingerprint density at radius 3 is 2.45 bits per heavy atom. The van der Waals surface area contributed by atoms with Crippen LogP contribution < -0.4 is 10.6 Å². The van der Waals surface area contributed by atoms with Crippen LogP contribution in [0.25, 0.3) is 0 Å². The molecule has 0 bridgehead atoms. The zero-order chi connectivity index (χ0) is 16.1. The van der Waals surface area contributed by atoms with Gasteiger partial charge < -0.3 is 15.1 Å². The monoisotopic (exact) mass is 320 g/mol. The molecule has 0 aliphatic heterocycles. The average Bonchev–Trinajstić information content (AvgIpc) is 3.15. The van der Waals surface area contributed by atoms with Crippen molar-refractivity contribution in [2.24, 2.45) is 5.92 Å². The molecule has 0 saturated heterocycles. The summed E-state index contributed by atoms with van der Waals surface area (Å²) < 4.78 is 5.05. The van der Waals surface area contributed by atoms with Gasteiger partial charge in [-0.3, -0.25) is 9.59 Å². The molecule has 2 rings (SSSR count). The van der Waals surface area contributed by atoms with E-state index in [1.165, 1.54) is 6.26 Å². The van der Waals surface area contributed by atoms with Gasteiger partial charge in [-0.05, 0) is 36.4 Å². The predicted molar refractivity (Wildman–Crippen MR) is 85.7 cm³/mol. The van der Waals surface area contributed by atoms with Gasteiger partial charge in [0, 0.05) is 4.88 Å². The van der Waals surface area contributed by atoms with Crippen molar-refractivity contribution in [3.05, 3.63) is 46.5 Å². The van der Waals surface area contributed by atoms with Gasteiger partial charge in [0.25, 0.3) is 5.91 Å². The summed E-state index contributed by atoms with van der Waals surface area (Å²) >= 11 is 1.59. The summed E-state index contributed by atoms with van der Waals surface area (Å²) in [6, 6.07) is 6.43. The number of rotatable bonds is 6. The first-order valence-corrected chi connectivity index (χ1v) is 8.05. The van der Waals surface area contributed by atoms with Crippen molar-refractivity contribution in [2.45, 2.75) is 32.9 Å². The van der Waals surface area contributed by atoms with E-state index in [2.05, 4.69) is 10.6 Å². The quantitative estimate of drug-likeness (QED) is 0.859. The normalized spacial score (nSPS) is 13.6. The molecule has 0 fully saturated rings. The second kappa shape index (κ2) is 7.26. The van der Waals surface area contributed by atoms with E-state index in [4.69, 9.17) is 4.42 Å². The van der Waals surface area contributed by atoms with Crippen LogP contribution in [0.3, 0.4) is 0 Å². The lowest BCUT2D eigenvalue weighted by molar-refractivity contribution is -0.124. The van der Waals surface area contributed by atoms with Crippen molar-refractivity contribution in [3.8, 4) is 0 Å². The zero-order valence-electron chi connectivity index (χ0n) is 12.8. The Morgan fingerprint density at radius 2 is 1.91 bits per heavy atom. The van der Waals surface area contributed by atoms with Crippen molar-refractivity contribution in [3.63, 3.8) is 0 Å². The number of carbonyl (C=O) groups is 2. The molecule has 2 N–H and O–H groups in total. The number of hydrogen-bond acceptors (Lipinski definition) is 4. The molecule has 2 atom stereocenters. The average molecular weight is 320 g/mol. The third-order valence-corrected chi connectivity index (χ3v) is 4.36. The first kappa shape index (κ1) is 16.3. The van der Waals surface area contributed by atoms with Crippen LogP contribution in [-0.4, -0.2) is 17.9 Å². The molecule has 2 aromatic rings. The van der Waals surface area contributed by atoms with Gasteiger partial charge in [0.1, 0.15) is 6.04 Å². The molecule has 2 aromatic heterocycles. The highest BCUT2D eigenvalue weighted by atomic mass is 32.1. The second-order valence-corrected chi connectivity index (χ2v) is 6.40. The Kier molecular flexibility index (Phi) is 5.38. The van der Waals surface area contributed by atoms with Crippen LogP contribution in [-0.2, 0) is 4.79 Å². The number of furan rings is 1. The largest absolute Gasteiger partial charge is 0.459 e. The minimum atomic E-state index is -0.611. The molecular weight excluding hydrogens is 300 g/mol. The van der Waals surface area contributed by atoms with E-state index in [0.29, 0.717) is 0 Å². The molecule has 1 unspecified atom stereocenters. The van der Waals surface area contributed by atoms with Crippen molar-refractivity contribution in [2.75, 3.05) is 0 Å². The van der Waals surface area contributed by atoms with E-state index in [-0.39, 0.29) is 29.5 Å². The van der Waals surface area contributed by atoms with Gasteiger partial charge in [0.2, 0.25) is 5.91 Å². The predicted octanol–water partition coefficient (Wildman–Crippen LogP) is 2.97. The maximum atomic E-state index is 12.4. The molecule has 0 aliphatic carbocycles. The summed E-state index contributed by atoms with van der Waals surface area (Å²) in [5.74, 6) is -0.419. The van der Waals surface area contributed by atoms with Crippen LogP contribution in [0.15, 0.2) is 40.3 Å². The first-order chi connectivity index (χ1) is 10.5.